The number of hydrogen-bond donors (Lipinski definition) is 0. The lowest BCUT2D eigenvalue weighted by Gasteiger charge is -2.33. The molecule has 0 aromatic carbocycles. The molecule has 22 heavy (non-hydrogen) atoms. The maximum atomic E-state index is 6.77. The molecule has 0 aromatic rings. The van der Waals surface area contributed by atoms with Crippen LogP contribution in [0.2, 0.25) is 18.1 Å². The first-order valence-corrected chi connectivity index (χ1v) is 12.9. The SMILES string of the molecule is CCCCCCCCCC(CCCC)O[Si](CC)(CC)CC. The van der Waals surface area contributed by atoms with Crippen molar-refractivity contribution in [1.29, 1.82) is 0 Å². The molecule has 0 amide bonds. The normalized spacial score (nSPS) is 13.5. The summed E-state index contributed by atoms with van der Waals surface area (Å²) in [5.74, 6) is 0. The summed E-state index contributed by atoms with van der Waals surface area (Å²) in [6.07, 6.45) is 15.7. The van der Waals surface area contributed by atoms with Crippen molar-refractivity contribution >= 4 is 8.32 Å². The van der Waals surface area contributed by atoms with E-state index in [4.69, 9.17) is 4.43 Å². The van der Waals surface area contributed by atoms with E-state index in [1.165, 1.54) is 88.8 Å². The van der Waals surface area contributed by atoms with Crippen molar-refractivity contribution in [3.05, 3.63) is 0 Å². The molecule has 0 aromatic heterocycles. The second kappa shape index (κ2) is 14.7. The zero-order valence-corrected chi connectivity index (χ0v) is 17.4. The number of hydrogen-bond acceptors (Lipinski definition) is 1. The Morgan fingerprint density at radius 3 is 1.55 bits per heavy atom. The van der Waals surface area contributed by atoms with Gasteiger partial charge in [-0.15, -0.1) is 0 Å². The molecule has 0 saturated carbocycles. The van der Waals surface area contributed by atoms with Crippen molar-refractivity contribution in [2.45, 2.75) is 129 Å². The molecule has 0 bridgehead atoms. The Hall–Kier alpha value is 0.177. The van der Waals surface area contributed by atoms with Crippen LogP contribution in [0, 0.1) is 0 Å². The second-order valence-corrected chi connectivity index (χ2v) is 11.8. The van der Waals surface area contributed by atoms with Crippen LogP contribution in [0.3, 0.4) is 0 Å². The van der Waals surface area contributed by atoms with Crippen LogP contribution in [-0.4, -0.2) is 14.4 Å². The molecule has 1 unspecified atom stereocenters. The molecular formula is C20H44OSi. The second-order valence-electron chi connectivity index (χ2n) is 7.04. The van der Waals surface area contributed by atoms with E-state index in [0.29, 0.717) is 6.10 Å². The summed E-state index contributed by atoms with van der Waals surface area (Å²) in [5.41, 5.74) is 0. The monoisotopic (exact) mass is 328 g/mol. The molecule has 0 aliphatic heterocycles. The van der Waals surface area contributed by atoms with Gasteiger partial charge < -0.3 is 4.43 Å². The van der Waals surface area contributed by atoms with Crippen LogP contribution in [0.15, 0.2) is 0 Å². The van der Waals surface area contributed by atoms with Gasteiger partial charge in [0.2, 0.25) is 0 Å². The van der Waals surface area contributed by atoms with Crippen LogP contribution in [-0.2, 0) is 4.43 Å². The average Bonchev–Trinajstić information content (AvgIpc) is 2.56. The summed E-state index contributed by atoms with van der Waals surface area (Å²) in [5, 5.41) is 0. The molecule has 0 fully saturated rings. The van der Waals surface area contributed by atoms with E-state index >= 15 is 0 Å². The van der Waals surface area contributed by atoms with E-state index in [2.05, 4.69) is 34.6 Å². The van der Waals surface area contributed by atoms with E-state index < -0.39 is 8.32 Å². The number of unbranched alkanes of at least 4 members (excludes halogenated alkanes) is 7. The largest absolute Gasteiger partial charge is 0.414 e. The predicted octanol–water partition coefficient (Wildman–Crippen LogP) is 7.71. The summed E-state index contributed by atoms with van der Waals surface area (Å²) in [7, 11) is -1.42. The molecule has 0 spiro atoms. The maximum absolute atomic E-state index is 6.77. The molecule has 0 heterocycles. The zero-order valence-electron chi connectivity index (χ0n) is 16.4. The first-order chi connectivity index (χ1) is 10.7. The van der Waals surface area contributed by atoms with Gasteiger partial charge in [0.1, 0.15) is 0 Å². The summed E-state index contributed by atoms with van der Waals surface area (Å²) < 4.78 is 6.77. The molecule has 0 radical (unpaired) electrons. The zero-order chi connectivity index (χ0) is 16.7. The smallest absolute Gasteiger partial charge is 0.192 e. The van der Waals surface area contributed by atoms with Gasteiger partial charge in [0.25, 0.3) is 0 Å². The van der Waals surface area contributed by atoms with Crippen molar-refractivity contribution in [3.63, 3.8) is 0 Å². The summed E-state index contributed by atoms with van der Waals surface area (Å²) in [4.78, 5) is 0. The summed E-state index contributed by atoms with van der Waals surface area (Å²) >= 11 is 0. The third-order valence-corrected chi connectivity index (χ3v) is 10.1. The predicted molar refractivity (Wildman–Crippen MR) is 104 cm³/mol. The molecule has 0 rings (SSSR count). The molecule has 2 heteroatoms. The number of rotatable bonds is 16. The Kier molecular flexibility index (Phi) is 14.9. The molecule has 0 aliphatic rings. The first kappa shape index (κ1) is 22.2. The van der Waals surface area contributed by atoms with Gasteiger partial charge in [-0.25, -0.2) is 0 Å². The van der Waals surface area contributed by atoms with Gasteiger partial charge >= 0.3 is 0 Å². The first-order valence-electron chi connectivity index (χ1n) is 10.4. The Labute approximate surface area is 142 Å². The highest BCUT2D eigenvalue weighted by molar-refractivity contribution is 6.73. The lowest BCUT2D eigenvalue weighted by molar-refractivity contribution is 0.159. The summed E-state index contributed by atoms with van der Waals surface area (Å²) in [6, 6.07) is 3.87. The molecular weight excluding hydrogens is 284 g/mol. The maximum Gasteiger partial charge on any atom is 0.192 e. The standard InChI is InChI=1S/C20H44OSi/c1-6-11-13-14-15-16-17-19-20(18-12-7-2)21-22(8-3,9-4)10-5/h20H,6-19H2,1-5H3. The Balaban J connectivity index is 4.11. The van der Waals surface area contributed by atoms with E-state index in [0.717, 1.165) is 0 Å². The van der Waals surface area contributed by atoms with Gasteiger partial charge in [0.05, 0.1) is 0 Å². The van der Waals surface area contributed by atoms with E-state index in [-0.39, 0.29) is 0 Å². The molecule has 1 atom stereocenters. The summed E-state index contributed by atoms with van der Waals surface area (Å²) in [6.45, 7) is 11.6. The highest BCUT2D eigenvalue weighted by atomic mass is 28.4. The molecule has 0 aliphatic carbocycles. The average molecular weight is 329 g/mol. The van der Waals surface area contributed by atoms with Gasteiger partial charge in [-0.05, 0) is 31.0 Å². The fourth-order valence-corrected chi connectivity index (χ4v) is 6.32. The van der Waals surface area contributed by atoms with Gasteiger partial charge in [0.15, 0.2) is 8.32 Å². The topological polar surface area (TPSA) is 9.23 Å². The van der Waals surface area contributed by atoms with Gasteiger partial charge in [-0.2, -0.15) is 0 Å². The van der Waals surface area contributed by atoms with Crippen molar-refractivity contribution in [3.8, 4) is 0 Å². The Morgan fingerprint density at radius 2 is 1.05 bits per heavy atom. The van der Waals surface area contributed by atoms with E-state index in [1.54, 1.807) is 0 Å². The van der Waals surface area contributed by atoms with Crippen molar-refractivity contribution < 1.29 is 4.43 Å². The fraction of sp³-hybridized carbons (Fsp3) is 1.00. The van der Waals surface area contributed by atoms with Gasteiger partial charge in [-0.1, -0.05) is 92.4 Å². The lowest BCUT2D eigenvalue weighted by Crippen LogP contribution is -2.40. The van der Waals surface area contributed by atoms with Crippen LogP contribution < -0.4 is 0 Å². The fourth-order valence-electron chi connectivity index (χ4n) is 3.38. The highest BCUT2D eigenvalue weighted by Crippen LogP contribution is 2.27. The molecule has 134 valence electrons. The van der Waals surface area contributed by atoms with Crippen LogP contribution in [0.1, 0.15) is 105 Å². The lowest BCUT2D eigenvalue weighted by atomic mass is 10.0. The Bertz CT molecular complexity index is 217. The Morgan fingerprint density at radius 1 is 0.591 bits per heavy atom. The third kappa shape index (κ3) is 10.0. The van der Waals surface area contributed by atoms with Crippen LogP contribution >= 0.6 is 0 Å². The van der Waals surface area contributed by atoms with Crippen LogP contribution in [0.5, 0.6) is 0 Å². The van der Waals surface area contributed by atoms with Crippen molar-refractivity contribution in [1.82, 2.24) is 0 Å². The van der Waals surface area contributed by atoms with Gasteiger partial charge in [-0.3, -0.25) is 0 Å². The van der Waals surface area contributed by atoms with E-state index in [1.807, 2.05) is 0 Å². The third-order valence-electron chi connectivity index (χ3n) is 5.36. The van der Waals surface area contributed by atoms with Crippen molar-refractivity contribution in [2.24, 2.45) is 0 Å². The van der Waals surface area contributed by atoms with E-state index in [9.17, 15) is 0 Å². The minimum absolute atomic E-state index is 0.558. The van der Waals surface area contributed by atoms with Crippen molar-refractivity contribution in [2.75, 3.05) is 0 Å². The molecule has 0 N–H and O–H groups in total. The van der Waals surface area contributed by atoms with Gasteiger partial charge in [0, 0.05) is 6.10 Å². The molecule has 0 saturated heterocycles. The minimum Gasteiger partial charge on any atom is -0.414 e. The van der Waals surface area contributed by atoms with Crippen LogP contribution in [0.25, 0.3) is 0 Å². The highest BCUT2D eigenvalue weighted by Gasteiger charge is 2.31. The molecule has 1 nitrogen and oxygen atoms in total. The van der Waals surface area contributed by atoms with Crippen LogP contribution in [0.4, 0.5) is 0 Å². The minimum atomic E-state index is -1.42. The quantitative estimate of drug-likeness (QED) is 0.208.